The summed E-state index contributed by atoms with van der Waals surface area (Å²) >= 11 is 0. The molecule has 0 radical (unpaired) electrons. The molecule has 1 fully saturated rings. The predicted molar refractivity (Wildman–Crippen MR) is 112 cm³/mol. The number of nitrogens with zero attached hydrogens (tertiary/aromatic N) is 5. The normalized spacial score (nSPS) is 17.7. The molecule has 0 amide bonds. The maximum atomic E-state index is 14.2. The van der Waals surface area contributed by atoms with Crippen LogP contribution in [0.3, 0.4) is 0 Å². The molecule has 10 heteroatoms. The van der Waals surface area contributed by atoms with E-state index in [1.165, 1.54) is 22.8 Å². The maximum absolute atomic E-state index is 14.2. The quantitative estimate of drug-likeness (QED) is 0.580. The fourth-order valence-corrected chi connectivity index (χ4v) is 5.19. The van der Waals surface area contributed by atoms with E-state index in [-0.39, 0.29) is 24.6 Å². The number of morpholine rings is 1. The summed E-state index contributed by atoms with van der Waals surface area (Å²) in [6.07, 6.45) is 4.84. The molecule has 1 aliphatic heterocycles. The van der Waals surface area contributed by atoms with E-state index in [4.69, 9.17) is 4.74 Å². The van der Waals surface area contributed by atoms with Gasteiger partial charge in [0.25, 0.3) is 0 Å². The van der Waals surface area contributed by atoms with Crippen molar-refractivity contribution in [3.8, 4) is 11.3 Å². The van der Waals surface area contributed by atoms with Crippen LogP contribution in [-0.2, 0) is 21.3 Å². The van der Waals surface area contributed by atoms with Crippen molar-refractivity contribution in [1.82, 2.24) is 24.1 Å². The highest BCUT2D eigenvalue weighted by molar-refractivity contribution is 7.89. The molecular formula is C21H24FN5O3S. The first-order chi connectivity index (χ1) is 14.9. The lowest BCUT2D eigenvalue weighted by Gasteiger charge is -2.31. The van der Waals surface area contributed by atoms with Gasteiger partial charge in [0.05, 0.1) is 36.1 Å². The zero-order chi connectivity index (χ0) is 22.0. The van der Waals surface area contributed by atoms with Crippen LogP contribution < -0.4 is 0 Å². The molecule has 2 aromatic heterocycles. The van der Waals surface area contributed by atoms with Crippen molar-refractivity contribution in [2.75, 3.05) is 19.7 Å². The minimum absolute atomic E-state index is 0.0934. The smallest absolute Gasteiger partial charge is 0.246 e. The van der Waals surface area contributed by atoms with E-state index in [1.807, 2.05) is 6.92 Å². The molecule has 3 heterocycles. The molecule has 0 spiro atoms. The molecule has 3 aromatic rings. The van der Waals surface area contributed by atoms with E-state index < -0.39 is 21.9 Å². The first-order valence-corrected chi connectivity index (χ1v) is 11.6. The van der Waals surface area contributed by atoms with Gasteiger partial charge < -0.3 is 4.74 Å². The van der Waals surface area contributed by atoms with Crippen LogP contribution in [0.4, 0.5) is 4.39 Å². The molecule has 0 saturated carbocycles. The van der Waals surface area contributed by atoms with Crippen LogP contribution >= 0.6 is 0 Å². The number of ether oxygens (including phenoxy) is 1. The van der Waals surface area contributed by atoms with Gasteiger partial charge >= 0.3 is 0 Å². The number of benzene rings is 1. The highest BCUT2D eigenvalue weighted by Crippen LogP contribution is 2.28. The van der Waals surface area contributed by atoms with Crippen molar-refractivity contribution in [2.24, 2.45) is 0 Å². The number of rotatable bonds is 6. The maximum Gasteiger partial charge on any atom is 0.246 e. The van der Waals surface area contributed by atoms with Crippen LogP contribution in [0, 0.1) is 12.7 Å². The van der Waals surface area contributed by atoms with Crippen LogP contribution in [0.25, 0.3) is 11.3 Å². The zero-order valence-corrected chi connectivity index (χ0v) is 18.2. The molecule has 4 rings (SSSR count). The van der Waals surface area contributed by atoms with E-state index in [0.717, 1.165) is 6.42 Å². The van der Waals surface area contributed by atoms with Crippen LogP contribution in [0.1, 0.15) is 30.8 Å². The van der Waals surface area contributed by atoms with Crippen molar-refractivity contribution in [3.63, 3.8) is 0 Å². The third-order valence-corrected chi connectivity index (χ3v) is 7.10. The average molecular weight is 446 g/mol. The molecule has 1 unspecified atom stereocenters. The Hall–Kier alpha value is -2.69. The Balaban J connectivity index is 1.59. The Morgan fingerprint density at radius 2 is 2.06 bits per heavy atom. The van der Waals surface area contributed by atoms with Gasteiger partial charge in [-0.15, -0.1) is 0 Å². The number of hydrogen-bond donors (Lipinski definition) is 0. The van der Waals surface area contributed by atoms with Crippen molar-refractivity contribution >= 4 is 10.0 Å². The summed E-state index contributed by atoms with van der Waals surface area (Å²) in [6, 6.07) is 6.31. The van der Waals surface area contributed by atoms with E-state index >= 15 is 0 Å². The SMILES string of the molecule is CCCn1cc(S(=O)(=O)N2CCOC(c3cncc(-c4ccccc4F)n3)C2)c(C)n1. The molecule has 1 aliphatic rings. The van der Waals surface area contributed by atoms with Gasteiger partial charge in [0.1, 0.15) is 16.8 Å². The third-order valence-electron chi connectivity index (χ3n) is 5.13. The summed E-state index contributed by atoms with van der Waals surface area (Å²) in [5.41, 5.74) is 1.63. The van der Waals surface area contributed by atoms with E-state index in [2.05, 4.69) is 15.1 Å². The summed E-state index contributed by atoms with van der Waals surface area (Å²) < 4.78 is 49.5. The molecule has 8 nitrogen and oxygen atoms in total. The number of aromatic nitrogens is 4. The standard InChI is InChI=1S/C21H24FN5O3S/c1-3-8-26-14-21(15(2)25-26)31(28,29)27-9-10-30-20(13-27)19-12-23-11-18(24-19)16-6-4-5-7-17(16)22/h4-7,11-12,14,20H,3,8-10,13H2,1-2H3. The lowest BCUT2D eigenvalue weighted by Crippen LogP contribution is -2.42. The molecule has 0 bridgehead atoms. The Morgan fingerprint density at radius 1 is 1.26 bits per heavy atom. The Morgan fingerprint density at radius 3 is 2.84 bits per heavy atom. The zero-order valence-electron chi connectivity index (χ0n) is 17.4. The van der Waals surface area contributed by atoms with Crippen molar-refractivity contribution in [3.05, 3.63) is 60.1 Å². The van der Waals surface area contributed by atoms with Gasteiger partial charge in [0.2, 0.25) is 10.0 Å². The minimum atomic E-state index is -3.74. The van der Waals surface area contributed by atoms with Gasteiger partial charge in [-0.1, -0.05) is 19.1 Å². The topological polar surface area (TPSA) is 90.2 Å². The fraction of sp³-hybridized carbons (Fsp3) is 0.381. The lowest BCUT2D eigenvalue weighted by atomic mass is 10.1. The van der Waals surface area contributed by atoms with Gasteiger partial charge in [-0.25, -0.2) is 17.8 Å². The van der Waals surface area contributed by atoms with Crippen LogP contribution in [0.15, 0.2) is 47.8 Å². The number of hydrogen-bond acceptors (Lipinski definition) is 6. The Bertz CT molecular complexity index is 1180. The molecule has 1 atom stereocenters. The van der Waals surface area contributed by atoms with Crippen LogP contribution in [0.5, 0.6) is 0 Å². The summed E-state index contributed by atoms with van der Waals surface area (Å²) in [5, 5.41) is 4.31. The van der Waals surface area contributed by atoms with Gasteiger partial charge in [0.15, 0.2) is 0 Å². The van der Waals surface area contributed by atoms with Gasteiger partial charge in [-0.05, 0) is 25.5 Å². The van der Waals surface area contributed by atoms with Crippen molar-refractivity contribution in [1.29, 1.82) is 0 Å². The largest absolute Gasteiger partial charge is 0.369 e. The molecule has 1 saturated heterocycles. The van der Waals surface area contributed by atoms with Gasteiger partial charge in [-0.2, -0.15) is 9.40 Å². The number of aryl methyl sites for hydroxylation is 2. The second kappa shape index (κ2) is 8.81. The molecule has 0 aliphatic carbocycles. The first-order valence-electron chi connectivity index (χ1n) is 10.1. The summed E-state index contributed by atoms with van der Waals surface area (Å²) in [7, 11) is -3.74. The Kier molecular flexibility index (Phi) is 6.12. The van der Waals surface area contributed by atoms with Gasteiger partial charge in [-0.3, -0.25) is 9.67 Å². The monoisotopic (exact) mass is 445 g/mol. The van der Waals surface area contributed by atoms with E-state index in [1.54, 1.807) is 36.0 Å². The lowest BCUT2D eigenvalue weighted by molar-refractivity contribution is -0.00509. The number of halogens is 1. The van der Waals surface area contributed by atoms with Crippen molar-refractivity contribution < 1.29 is 17.5 Å². The highest BCUT2D eigenvalue weighted by Gasteiger charge is 2.34. The van der Waals surface area contributed by atoms with Crippen LogP contribution in [0.2, 0.25) is 0 Å². The summed E-state index contributed by atoms with van der Waals surface area (Å²) in [4.78, 5) is 8.87. The molecule has 31 heavy (non-hydrogen) atoms. The van der Waals surface area contributed by atoms with Crippen LogP contribution in [-0.4, -0.2) is 52.2 Å². The predicted octanol–water partition coefficient (Wildman–Crippen LogP) is 2.96. The van der Waals surface area contributed by atoms with E-state index in [0.29, 0.717) is 29.2 Å². The first kappa shape index (κ1) is 21.5. The minimum Gasteiger partial charge on any atom is -0.369 e. The third kappa shape index (κ3) is 4.36. The van der Waals surface area contributed by atoms with E-state index in [9.17, 15) is 12.8 Å². The summed E-state index contributed by atoms with van der Waals surface area (Å²) in [6.45, 7) is 4.90. The second-order valence-corrected chi connectivity index (χ2v) is 9.28. The van der Waals surface area contributed by atoms with Gasteiger partial charge in [0, 0.05) is 31.4 Å². The molecule has 0 N–H and O–H groups in total. The summed E-state index contributed by atoms with van der Waals surface area (Å²) in [5.74, 6) is -0.401. The second-order valence-electron chi connectivity index (χ2n) is 7.37. The highest BCUT2D eigenvalue weighted by atomic mass is 32.2. The molecular weight excluding hydrogens is 421 g/mol. The molecule has 1 aromatic carbocycles. The number of sulfonamides is 1. The molecule has 164 valence electrons. The Labute approximate surface area is 180 Å². The average Bonchev–Trinajstić information content (AvgIpc) is 3.15. The fourth-order valence-electron chi connectivity index (χ4n) is 3.59. The van der Waals surface area contributed by atoms with Crippen molar-refractivity contribution in [2.45, 2.75) is 37.8 Å².